The van der Waals surface area contributed by atoms with Gasteiger partial charge in [-0.1, -0.05) is 24.3 Å². The van der Waals surface area contributed by atoms with Gasteiger partial charge in [0.15, 0.2) is 0 Å². The van der Waals surface area contributed by atoms with E-state index in [1.54, 1.807) is 0 Å². The maximum Gasteiger partial charge on any atom is 0.0202 e. The van der Waals surface area contributed by atoms with Crippen LogP contribution in [0.2, 0.25) is 0 Å². The first-order chi connectivity index (χ1) is 8.38. The van der Waals surface area contributed by atoms with E-state index in [4.69, 9.17) is 0 Å². The smallest absolute Gasteiger partial charge is 0.0202 e. The molecule has 2 heteroatoms. The fraction of sp³-hybridized carbons (Fsp3) is 0.600. The molecule has 0 amide bonds. The molecule has 0 unspecified atom stereocenters. The highest BCUT2D eigenvalue weighted by atomic mass is 14.9. The molecule has 0 bridgehead atoms. The molecule has 1 aliphatic rings. The lowest BCUT2D eigenvalue weighted by Gasteiger charge is -2.05. The van der Waals surface area contributed by atoms with Crippen molar-refractivity contribution in [1.29, 1.82) is 0 Å². The van der Waals surface area contributed by atoms with Crippen LogP contribution in [0.25, 0.3) is 0 Å². The fourth-order valence-corrected chi connectivity index (χ4v) is 2.08. The van der Waals surface area contributed by atoms with Crippen LogP contribution in [0.15, 0.2) is 24.3 Å². The Morgan fingerprint density at radius 3 is 2.41 bits per heavy atom. The van der Waals surface area contributed by atoms with Crippen LogP contribution in [-0.2, 0) is 13.0 Å². The fourth-order valence-electron chi connectivity index (χ4n) is 2.08. The van der Waals surface area contributed by atoms with Crippen LogP contribution >= 0.6 is 0 Å². The second-order valence-corrected chi connectivity index (χ2v) is 5.03. The highest BCUT2D eigenvalue weighted by Gasteiger charge is 2.19. The van der Waals surface area contributed by atoms with Crippen LogP contribution in [-0.4, -0.2) is 19.6 Å². The lowest BCUT2D eigenvalue weighted by Crippen LogP contribution is -2.17. The number of unbranched alkanes of at least 4 members (excludes halogenated alkanes) is 1. The topological polar surface area (TPSA) is 24.1 Å². The first-order valence-electron chi connectivity index (χ1n) is 6.84. The minimum absolute atomic E-state index is 0.857. The molecule has 94 valence electrons. The Kier molecular flexibility index (Phi) is 5.02. The molecule has 0 atom stereocenters. The van der Waals surface area contributed by atoms with Crippen molar-refractivity contribution in [2.45, 2.75) is 44.7 Å². The monoisotopic (exact) mass is 232 g/mol. The van der Waals surface area contributed by atoms with E-state index < -0.39 is 0 Å². The quantitative estimate of drug-likeness (QED) is 0.673. The molecular weight excluding hydrogens is 208 g/mol. The van der Waals surface area contributed by atoms with Gasteiger partial charge < -0.3 is 10.6 Å². The molecule has 0 radical (unpaired) electrons. The van der Waals surface area contributed by atoms with E-state index in [9.17, 15) is 0 Å². The van der Waals surface area contributed by atoms with Crippen LogP contribution in [0.5, 0.6) is 0 Å². The van der Waals surface area contributed by atoms with Crippen molar-refractivity contribution in [3.63, 3.8) is 0 Å². The molecule has 2 nitrogen and oxygen atoms in total. The standard InChI is InChI=1S/C15H24N2/c1-16-12-14-7-5-13(6-8-14)4-2-3-11-17-15-9-10-15/h5-8,15-17H,2-4,9-12H2,1H3. The molecule has 2 N–H and O–H groups in total. The summed E-state index contributed by atoms with van der Waals surface area (Å²) in [5.41, 5.74) is 2.84. The van der Waals surface area contributed by atoms with Gasteiger partial charge in [0.1, 0.15) is 0 Å². The van der Waals surface area contributed by atoms with Crippen LogP contribution in [0.3, 0.4) is 0 Å². The van der Waals surface area contributed by atoms with Gasteiger partial charge in [0.2, 0.25) is 0 Å². The van der Waals surface area contributed by atoms with E-state index in [-0.39, 0.29) is 0 Å². The third kappa shape index (κ3) is 4.88. The molecule has 0 aliphatic heterocycles. The molecule has 1 fully saturated rings. The average Bonchev–Trinajstić information content (AvgIpc) is 3.15. The van der Waals surface area contributed by atoms with Gasteiger partial charge in [-0.3, -0.25) is 0 Å². The maximum atomic E-state index is 3.56. The Balaban J connectivity index is 1.60. The van der Waals surface area contributed by atoms with E-state index in [1.807, 2.05) is 7.05 Å². The minimum atomic E-state index is 0.857. The Hall–Kier alpha value is -0.860. The molecule has 1 aliphatic carbocycles. The third-order valence-corrected chi connectivity index (χ3v) is 3.31. The van der Waals surface area contributed by atoms with Crippen molar-refractivity contribution in [1.82, 2.24) is 10.6 Å². The van der Waals surface area contributed by atoms with Gasteiger partial charge in [-0.05, 0) is 56.8 Å². The van der Waals surface area contributed by atoms with Gasteiger partial charge in [0.05, 0.1) is 0 Å². The van der Waals surface area contributed by atoms with E-state index in [0.717, 1.165) is 12.6 Å². The second-order valence-electron chi connectivity index (χ2n) is 5.03. The summed E-state index contributed by atoms with van der Waals surface area (Å²) in [6.07, 6.45) is 6.60. The molecule has 0 spiro atoms. The molecule has 0 aromatic heterocycles. The third-order valence-electron chi connectivity index (χ3n) is 3.31. The predicted molar refractivity (Wildman–Crippen MR) is 73.2 cm³/mol. The summed E-state index contributed by atoms with van der Waals surface area (Å²) >= 11 is 0. The molecule has 0 saturated heterocycles. The Morgan fingerprint density at radius 2 is 1.76 bits per heavy atom. The van der Waals surface area contributed by atoms with Crippen LogP contribution in [0, 0.1) is 0 Å². The van der Waals surface area contributed by atoms with E-state index in [0.29, 0.717) is 0 Å². The summed E-state index contributed by atoms with van der Waals surface area (Å²) in [5, 5.41) is 6.73. The number of benzene rings is 1. The minimum Gasteiger partial charge on any atom is -0.316 e. The number of rotatable bonds is 8. The largest absolute Gasteiger partial charge is 0.316 e. The average molecular weight is 232 g/mol. The summed E-state index contributed by atoms with van der Waals surface area (Å²) in [5.74, 6) is 0. The molecule has 1 saturated carbocycles. The summed E-state index contributed by atoms with van der Waals surface area (Å²) in [7, 11) is 1.99. The van der Waals surface area contributed by atoms with E-state index in [2.05, 4.69) is 34.9 Å². The second kappa shape index (κ2) is 6.77. The SMILES string of the molecule is CNCc1ccc(CCCCNC2CC2)cc1. The lowest BCUT2D eigenvalue weighted by atomic mass is 10.1. The predicted octanol–water partition coefficient (Wildman–Crippen LogP) is 2.48. The van der Waals surface area contributed by atoms with Crippen molar-refractivity contribution in [2.24, 2.45) is 0 Å². The highest BCUT2D eigenvalue weighted by molar-refractivity contribution is 5.22. The van der Waals surface area contributed by atoms with Crippen LogP contribution in [0.1, 0.15) is 36.8 Å². The summed E-state index contributed by atoms with van der Waals surface area (Å²) in [4.78, 5) is 0. The lowest BCUT2D eigenvalue weighted by molar-refractivity contribution is 0.620. The van der Waals surface area contributed by atoms with Gasteiger partial charge >= 0.3 is 0 Å². The Bertz CT molecular complexity index is 314. The van der Waals surface area contributed by atoms with E-state index in [1.165, 1.54) is 49.8 Å². The first kappa shape index (κ1) is 12.6. The van der Waals surface area contributed by atoms with Crippen molar-refractivity contribution in [3.8, 4) is 0 Å². The zero-order valence-electron chi connectivity index (χ0n) is 10.8. The Labute approximate surface area is 105 Å². The molecule has 17 heavy (non-hydrogen) atoms. The van der Waals surface area contributed by atoms with Gasteiger partial charge in [-0.25, -0.2) is 0 Å². The van der Waals surface area contributed by atoms with Gasteiger partial charge in [0.25, 0.3) is 0 Å². The van der Waals surface area contributed by atoms with Crippen molar-refractivity contribution in [3.05, 3.63) is 35.4 Å². The first-order valence-corrected chi connectivity index (χ1v) is 6.84. The number of hydrogen-bond acceptors (Lipinski definition) is 2. The number of aryl methyl sites for hydroxylation is 1. The van der Waals surface area contributed by atoms with Gasteiger partial charge in [-0.2, -0.15) is 0 Å². The molecule has 0 heterocycles. The van der Waals surface area contributed by atoms with Crippen molar-refractivity contribution >= 4 is 0 Å². The molecule has 1 aromatic rings. The number of nitrogens with one attached hydrogen (secondary N) is 2. The zero-order chi connectivity index (χ0) is 11.9. The normalized spacial score (nSPS) is 15.1. The van der Waals surface area contributed by atoms with Crippen molar-refractivity contribution in [2.75, 3.05) is 13.6 Å². The van der Waals surface area contributed by atoms with Crippen molar-refractivity contribution < 1.29 is 0 Å². The highest BCUT2D eigenvalue weighted by Crippen LogP contribution is 2.18. The number of hydrogen-bond donors (Lipinski definition) is 2. The van der Waals surface area contributed by atoms with Crippen LogP contribution < -0.4 is 10.6 Å². The summed E-state index contributed by atoms with van der Waals surface area (Å²) < 4.78 is 0. The maximum absolute atomic E-state index is 3.56. The summed E-state index contributed by atoms with van der Waals surface area (Å²) in [6.45, 7) is 2.16. The molecular formula is C15H24N2. The summed E-state index contributed by atoms with van der Waals surface area (Å²) in [6, 6.07) is 9.85. The zero-order valence-corrected chi connectivity index (χ0v) is 10.8. The molecule has 2 rings (SSSR count). The van der Waals surface area contributed by atoms with Gasteiger partial charge in [0, 0.05) is 12.6 Å². The van der Waals surface area contributed by atoms with E-state index >= 15 is 0 Å². The molecule has 1 aromatic carbocycles. The van der Waals surface area contributed by atoms with Crippen LogP contribution in [0.4, 0.5) is 0 Å². The Morgan fingerprint density at radius 1 is 1.06 bits per heavy atom. The van der Waals surface area contributed by atoms with Gasteiger partial charge in [-0.15, -0.1) is 0 Å².